The van der Waals surface area contributed by atoms with Crippen LogP contribution in [0.4, 0.5) is 0 Å². The molecule has 2 aliphatic rings. The van der Waals surface area contributed by atoms with Crippen LogP contribution in [0.5, 0.6) is 17.2 Å². The number of carbonyl (C=O) groups excluding carboxylic acids is 1. The normalized spacial score (nSPS) is 16.8. The molecule has 0 atom stereocenters. The first-order valence-electron chi connectivity index (χ1n) is 7.40. The maximum absolute atomic E-state index is 12.1. The molecule has 2 aromatic carbocycles. The van der Waals surface area contributed by atoms with Gasteiger partial charge in [-0.25, -0.2) is 9.79 Å². The summed E-state index contributed by atoms with van der Waals surface area (Å²) in [6.07, 6.45) is 1.64. The van der Waals surface area contributed by atoms with E-state index >= 15 is 0 Å². The van der Waals surface area contributed by atoms with Gasteiger partial charge >= 0.3 is 5.97 Å². The molecule has 2 heterocycles. The third-order valence-corrected chi connectivity index (χ3v) is 4.30. The van der Waals surface area contributed by atoms with Crippen LogP contribution in [0, 0.1) is 0 Å². The molecule has 25 heavy (non-hydrogen) atoms. The maximum atomic E-state index is 12.1. The third-order valence-electron chi connectivity index (χ3n) is 3.71. The number of hydrogen-bond donors (Lipinski definition) is 0. The number of benzene rings is 2. The fourth-order valence-corrected chi connectivity index (χ4v) is 3.07. The van der Waals surface area contributed by atoms with Crippen molar-refractivity contribution in [1.29, 1.82) is 0 Å². The molecule has 2 aromatic rings. The quantitative estimate of drug-likeness (QED) is 0.581. The van der Waals surface area contributed by atoms with Gasteiger partial charge in [0.1, 0.15) is 5.75 Å². The Labute approximate surface area is 151 Å². The monoisotopic (exact) mass is 401 g/mol. The molecule has 6 nitrogen and oxygen atoms in total. The molecule has 0 saturated heterocycles. The summed E-state index contributed by atoms with van der Waals surface area (Å²) in [5, 5.41) is 0. The van der Waals surface area contributed by atoms with Crippen molar-refractivity contribution in [3.63, 3.8) is 0 Å². The van der Waals surface area contributed by atoms with Gasteiger partial charge in [0.2, 0.25) is 12.7 Å². The van der Waals surface area contributed by atoms with Crippen molar-refractivity contribution >= 4 is 33.9 Å². The minimum Gasteiger partial charge on any atom is -0.497 e. The van der Waals surface area contributed by atoms with E-state index in [1.54, 1.807) is 43.5 Å². The molecule has 126 valence electrons. The zero-order valence-electron chi connectivity index (χ0n) is 13.1. The molecule has 4 rings (SSSR count). The highest BCUT2D eigenvalue weighted by Crippen LogP contribution is 2.40. The van der Waals surface area contributed by atoms with Crippen LogP contribution in [-0.4, -0.2) is 25.8 Å². The number of rotatable bonds is 3. The summed E-state index contributed by atoms with van der Waals surface area (Å²) in [6, 6.07) is 10.7. The largest absolute Gasteiger partial charge is 0.497 e. The number of carbonyl (C=O) groups is 1. The van der Waals surface area contributed by atoms with E-state index in [2.05, 4.69) is 20.9 Å². The predicted molar refractivity (Wildman–Crippen MR) is 93.9 cm³/mol. The molecule has 0 bridgehead atoms. The van der Waals surface area contributed by atoms with E-state index in [1.807, 2.05) is 6.07 Å². The molecular formula is C18H12BrNO5. The zero-order chi connectivity index (χ0) is 17.4. The van der Waals surface area contributed by atoms with E-state index in [1.165, 1.54) is 0 Å². The number of aliphatic imine (C=N–C) groups is 1. The van der Waals surface area contributed by atoms with Gasteiger partial charge in [-0.05, 0) is 64.0 Å². The highest BCUT2D eigenvalue weighted by Gasteiger charge is 2.25. The number of nitrogens with zero attached hydrogens (tertiary/aromatic N) is 1. The fraction of sp³-hybridized carbons (Fsp3) is 0.111. The Kier molecular flexibility index (Phi) is 3.93. The second-order valence-electron chi connectivity index (χ2n) is 5.30. The van der Waals surface area contributed by atoms with E-state index in [0.29, 0.717) is 17.1 Å². The number of methoxy groups -OCH3 is 1. The average Bonchev–Trinajstić information content (AvgIpc) is 3.22. The molecule has 0 saturated carbocycles. The summed E-state index contributed by atoms with van der Waals surface area (Å²) in [5.41, 5.74) is 1.67. The average molecular weight is 402 g/mol. The minimum absolute atomic E-state index is 0.176. The summed E-state index contributed by atoms with van der Waals surface area (Å²) in [5.74, 6) is 1.75. The molecule has 0 spiro atoms. The van der Waals surface area contributed by atoms with Gasteiger partial charge < -0.3 is 18.9 Å². The Bertz CT molecular complexity index is 918. The molecule has 0 amide bonds. The van der Waals surface area contributed by atoms with Gasteiger partial charge in [0.15, 0.2) is 17.2 Å². The van der Waals surface area contributed by atoms with E-state index in [0.717, 1.165) is 15.8 Å². The number of hydrogen-bond acceptors (Lipinski definition) is 6. The molecular weight excluding hydrogens is 390 g/mol. The Hall–Kier alpha value is -2.80. The summed E-state index contributed by atoms with van der Waals surface area (Å²) >= 11 is 3.43. The van der Waals surface area contributed by atoms with Gasteiger partial charge in [0, 0.05) is 5.56 Å². The van der Waals surface area contributed by atoms with Crippen LogP contribution in [0.25, 0.3) is 6.08 Å². The topological polar surface area (TPSA) is 66.3 Å². The fourth-order valence-electron chi connectivity index (χ4n) is 2.49. The number of esters is 1. The molecule has 0 unspecified atom stereocenters. The zero-order valence-corrected chi connectivity index (χ0v) is 14.7. The lowest BCUT2D eigenvalue weighted by Crippen LogP contribution is -2.05. The Morgan fingerprint density at radius 3 is 2.76 bits per heavy atom. The second kappa shape index (κ2) is 6.25. The standard InChI is InChI=1S/C18H12BrNO5/c1-22-12-4-2-11(3-5-12)17-20-14(18(21)25-17)7-10-6-13(19)16-15(8-10)23-9-24-16/h2-8H,9H2,1H3/b14-7-. The first-order chi connectivity index (χ1) is 12.1. The van der Waals surface area contributed by atoms with Crippen LogP contribution in [0.2, 0.25) is 0 Å². The molecule has 0 aromatic heterocycles. The predicted octanol–water partition coefficient (Wildman–Crippen LogP) is 3.53. The Morgan fingerprint density at radius 2 is 2.00 bits per heavy atom. The lowest BCUT2D eigenvalue weighted by atomic mass is 10.1. The number of fused-ring (bicyclic) bond motifs is 1. The first kappa shape index (κ1) is 15.7. The third kappa shape index (κ3) is 2.98. The van der Waals surface area contributed by atoms with Gasteiger partial charge in [0.25, 0.3) is 0 Å². The lowest BCUT2D eigenvalue weighted by Gasteiger charge is -2.01. The first-order valence-corrected chi connectivity index (χ1v) is 8.19. The lowest BCUT2D eigenvalue weighted by molar-refractivity contribution is -0.129. The van der Waals surface area contributed by atoms with Crippen LogP contribution < -0.4 is 14.2 Å². The van der Waals surface area contributed by atoms with E-state index in [9.17, 15) is 4.79 Å². The van der Waals surface area contributed by atoms with E-state index in [-0.39, 0.29) is 18.4 Å². The van der Waals surface area contributed by atoms with Gasteiger partial charge in [-0.3, -0.25) is 0 Å². The van der Waals surface area contributed by atoms with Crippen molar-refractivity contribution in [1.82, 2.24) is 0 Å². The number of ether oxygens (including phenoxy) is 4. The second-order valence-corrected chi connectivity index (χ2v) is 6.16. The van der Waals surface area contributed by atoms with Gasteiger partial charge in [-0.15, -0.1) is 0 Å². The smallest absolute Gasteiger partial charge is 0.363 e. The summed E-state index contributed by atoms with van der Waals surface area (Å²) in [7, 11) is 1.59. The van der Waals surface area contributed by atoms with Crippen molar-refractivity contribution in [2.24, 2.45) is 4.99 Å². The summed E-state index contributed by atoms with van der Waals surface area (Å²) in [4.78, 5) is 16.4. The van der Waals surface area contributed by atoms with Crippen LogP contribution in [0.15, 0.2) is 51.6 Å². The van der Waals surface area contributed by atoms with Crippen molar-refractivity contribution < 1.29 is 23.7 Å². The SMILES string of the molecule is COc1ccc(C2=N/C(=C\c3cc(Br)c4c(c3)OCO4)C(=O)O2)cc1. The van der Waals surface area contributed by atoms with Crippen molar-refractivity contribution in [2.75, 3.05) is 13.9 Å². The molecule has 2 aliphatic heterocycles. The van der Waals surface area contributed by atoms with Crippen molar-refractivity contribution in [3.8, 4) is 17.2 Å². The van der Waals surface area contributed by atoms with Crippen LogP contribution in [-0.2, 0) is 9.53 Å². The van der Waals surface area contributed by atoms with Crippen LogP contribution >= 0.6 is 15.9 Å². The minimum atomic E-state index is -0.500. The molecule has 0 N–H and O–H groups in total. The Morgan fingerprint density at radius 1 is 1.20 bits per heavy atom. The number of halogens is 1. The highest BCUT2D eigenvalue weighted by atomic mass is 79.9. The Balaban J connectivity index is 1.66. The maximum Gasteiger partial charge on any atom is 0.363 e. The van der Waals surface area contributed by atoms with Crippen LogP contribution in [0.1, 0.15) is 11.1 Å². The van der Waals surface area contributed by atoms with E-state index in [4.69, 9.17) is 18.9 Å². The summed E-state index contributed by atoms with van der Waals surface area (Å²) in [6.45, 7) is 0.176. The molecule has 0 fully saturated rings. The van der Waals surface area contributed by atoms with Gasteiger partial charge in [-0.1, -0.05) is 0 Å². The van der Waals surface area contributed by atoms with Crippen molar-refractivity contribution in [3.05, 3.63) is 57.7 Å². The van der Waals surface area contributed by atoms with Gasteiger partial charge in [0.05, 0.1) is 11.6 Å². The molecule has 0 aliphatic carbocycles. The van der Waals surface area contributed by atoms with Gasteiger partial charge in [-0.2, -0.15) is 0 Å². The van der Waals surface area contributed by atoms with Crippen molar-refractivity contribution in [2.45, 2.75) is 0 Å². The van der Waals surface area contributed by atoms with Crippen LogP contribution in [0.3, 0.4) is 0 Å². The molecule has 7 heteroatoms. The summed E-state index contributed by atoms with van der Waals surface area (Å²) < 4.78 is 21.9. The molecule has 0 radical (unpaired) electrons. The highest BCUT2D eigenvalue weighted by molar-refractivity contribution is 9.10. The van der Waals surface area contributed by atoms with E-state index < -0.39 is 5.97 Å². The number of cyclic esters (lactones) is 1.